The van der Waals surface area contributed by atoms with Gasteiger partial charge in [-0.25, -0.2) is 0 Å². The summed E-state index contributed by atoms with van der Waals surface area (Å²) >= 11 is 6.24. The Balaban J connectivity index is 1.49. The number of halogens is 1. The van der Waals surface area contributed by atoms with E-state index in [1.165, 1.54) is 37.7 Å². The van der Waals surface area contributed by atoms with Crippen LogP contribution in [0.4, 0.5) is 5.69 Å². The lowest BCUT2D eigenvalue weighted by Gasteiger charge is -2.24. The van der Waals surface area contributed by atoms with Crippen molar-refractivity contribution in [1.29, 1.82) is 0 Å². The number of carbonyl (C=O) groups excluding carboxylic acids is 3. The fourth-order valence-corrected chi connectivity index (χ4v) is 4.91. The molecule has 5 nitrogen and oxygen atoms in total. The van der Waals surface area contributed by atoms with E-state index in [9.17, 15) is 14.4 Å². The molecule has 2 aliphatic rings. The molecule has 4 rings (SSSR count). The minimum Gasteiger partial charge on any atom is -0.339 e. The molecule has 1 saturated carbocycles. The van der Waals surface area contributed by atoms with Crippen molar-refractivity contribution in [3.8, 4) is 0 Å². The van der Waals surface area contributed by atoms with Crippen molar-refractivity contribution < 1.29 is 14.4 Å². The summed E-state index contributed by atoms with van der Waals surface area (Å²) in [5.41, 5.74) is 1.000. The van der Waals surface area contributed by atoms with E-state index in [0.29, 0.717) is 22.2 Å². The van der Waals surface area contributed by atoms with E-state index in [-0.39, 0.29) is 0 Å². The van der Waals surface area contributed by atoms with E-state index in [1.54, 1.807) is 31.2 Å². The fourth-order valence-electron chi connectivity index (χ4n) is 4.58. The number of benzene rings is 2. The van der Waals surface area contributed by atoms with Crippen molar-refractivity contribution in [1.82, 2.24) is 5.32 Å². The topological polar surface area (TPSA) is 75.3 Å². The Morgan fingerprint density at radius 3 is 2.37 bits per heavy atom. The lowest BCUT2D eigenvalue weighted by atomic mass is 9.84. The van der Waals surface area contributed by atoms with Gasteiger partial charge in [0, 0.05) is 16.3 Å². The number of Topliss-reactive ketones (excluding diaryl/α,β-unsaturated/α-hetero) is 1. The average Bonchev–Trinajstić information content (AvgIpc) is 2.98. The van der Waals surface area contributed by atoms with Gasteiger partial charge in [-0.1, -0.05) is 61.2 Å². The lowest BCUT2D eigenvalue weighted by molar-refractivity contribution is -0.135. The van der Waals surface area contributed by atoms with Gasteiger partial charge in [-0.15, -0.1) is 0 Å². The summed E-state index contributed by atoms with van der Waals surface area (Å²) in [6.07, 6.45) is 6.21. The maximum Gasteiger partial charge on any atom is 0.244 e. The number of hydrogen-bond acceptors (Lipinski definition) is 3. The molecule has 2 aromatic rings. The highest BCUT2D eigenvalue weighted by molar-refractivity contribution is 6.33. The number of amides is 2. The first kappa shape index (κ1) is 20.6. The fraction of sp³-hybridized carbons (Fsp3) is 0.375. The van der Waals surface area contributed by atoms with Crippen molar-refractivity contribution >= 4 is 34.9 Å². The van der Waals surface area contributed by atoms with Crippen LogP contribution in [0.25, 0.3) is 0 Å². The number of rotatable bonds is 4. The van der Waals surface area contributed by atoms with Crippen LogP contribution in [0.15, 0.2) is 48.5 Å². The van der Waals surface area contributed by atoms with E-state index in [2.05, 4.69) is 10.6 Å². The van der Waals surface area contributed by atoms with Crippen LogP contribution in [0.3, 0.4) is 0 Å². The number of hydrogen-bond donors (Lipinski definition) is 2. The second-order valence-corrected chi connectivity index (χ2v) is 8.74. The van der Waals surface area contributed by atoms with Gasteiger partial charge >= 0.3 is 0 Å². The van der Waals surface area contributed by atoms with Crippen molar-refractivity contribution in [2.45, 2.75) is 50.5 Å². The van der Waals surface area contributed by atoms with Crippen LogP contribution in [0, 0.1) is 5.92 Å². The van der Waals surface area contributed by atoms with Gasteiger partial charge in [0.2, 0.25) is 11.8 Å². The summed E-state index contributed by atoms with van der Waals surface area (Å²) in [5.74, 6) is -2.58. The van der Waals surface area contributed by atoms with Crippen LogP contribution >= 0.6 is 11.6 Å². The zero-order valence-corrected chi connectivity index (χ0v) is 17.7. The van der Waals surface area contributed by atoms with Crippen molar-refractivity contribution in [3.63, 3.8) is 0 Å². The molecular formula is C24H25ClN2O3. The van der Waals surface area contributed by atoms with E-state index in [0.717, 1.165) is 0 Å². The molecule has 1 saturated heterocycles. The highest BCUT2D eigenvalue weighted by Crippen LogP contribution is 2.36. The van der Waals surface area contributed by atoms with Crippen molar-refractivity contribution in [3.05, 3.63) is 64.7 Å². The molecule has 2 fully saturated rings. The lowest BCUT2D eigenvalue weighted by Crippen LogP contribution is -2.41. The van der Waals surface area contributed by atoms with Crippen LogP contribution in [0.2, 0.25) is 5.02 Å². The van der Waals surface area contributed by atoms with Crippen LogP contribution < -0.4 is 10.6 Å². The van der Waals surface area contributed by atoms with Crippen LogP contribution in [-0.2, 0) is 19.9 Å². The summed E-state index contributed by atoms with van der Waals surface area (Å²) in [7, 11) is 0. The molecule has 30 heavy (non-hydrogen) atoms. The Labute approximate surface area is 181 Å². The monoisotopic (exact) mass is 424 g/mol. The first-order valence-electron chi connectivity index (χ1n) is 10.4. The van der Waals surface area contributed by atoms with E-state index < -0.39 is 29.1 Å². The zero-order valence-electron chi connectivity index (χ0n) is 16.9. The van der Waals surface area contributed by atoms with Crippen molar-refractivity contribution in [2.24, 2.45) is 5.92 Å². The summed E-state index contributed by atoms with van der Waals surface area (Å²) in [4.78, 5) is 38.4. The number of nitrogens with one attached hydrogen (secondary N) is 2. The van der Waals surface area contributed by atoms with Crippen LogP contribution in [0.5, 0.6) is 0 Å². The summed E-state index contributed by atoms with van der Waals surface area (Å²) in [6.45, 7) is 1.58. The Kier molecular flexibility index (Phi) is 5.65. The predicted octanol–water partition coefficient (Wildman–Crippen LogP) is 4.56. The van der Waals surface area contributed by atoms with Gasteiger partial charge < -0.3 is 10.6 Å². The molecular weight excluding hydrogens is 400 g/mol. The molecule has 2 unspecified atom stereocenters. The van der Waals surface area contributed by atoms with E-state index in [1.807, 2.05) is 24.3 Å². The third-order valence-electron chi connectivity index (χ3n) is 6.32. The Bertz CT molecular complexity index is 982. The summed E-state index contributed by atoms with van der Waals surface area (Å²) in [5, 5.41) is 5.77. The molecule has 2 N–H and O–H groups in total. The van der Waals surface area contributed by atoms with E-state index in [4.69, 9.17) is 11.6 Å². The second kappa shape index (κ2) is 8.23. The largest absolute Gasteiger partial charge is 0.339 e. The highest BCUT2D eigenvalue weighted by Gasteiger charge is 2.54. The highest BCUT2D eigenvalue weighted by atomic mass is 35.5. The van der Waals surface area contributed by atoms with Gasteiger partial charge in [0.25, 0.3) is 0 Å². The van der Waals surface area contributed by atoms with Crippen LogP contribution in [-0.4, -0.2) is 17.6 Å². The Morgan fingerprint density at radius 1 is 1.03 bits per heavy atom. The molecule has 2 atom stereocenters. The first-order chi connectivity index (χ1) is 14.4. The Morgan fingerprint density at radius 2 is 1.70 bits per heavy atom. The molecule has 0 bridgehead atoms. The number of anilines is 1. The van der Waals surface area contributed by atoms with Gasteiger partial charge in [-0.05, 0) is 49.4 Å². The third-order valence-corrected chi connectivity index (χ3v) is 6.65. The normalized spacial score (nSPS) is 24.5. The minimum atomic E-state index is -1.41. The van der Waals surface area contributed by atoms with E-state index >= 15 is 0 Å². The summed E-state index contributed by atoms with van der Waals surface area (Å²) in [6, 6.07) is 14.6. The third kappa shape index (κ3) is 3.74. The van der Waals surface area contributed by atoms with Gasteiger partial charge in [-0.3, -0.25) is 14.4 Å². The molecule has 0 radical (unpaired) electrons. The zero-order chi connectivity index (χ0) is 21.3. The van der Waals surface area contributed by atoms with Crippen LogP contribution in [0.1, 0.15) is 56.1 Å². The molecule has 1 heterocycles. The number of carbonyl (C=O) groups is 3. The molecule has 156 valence electrons. The SMILES string of the molecule is CC1(c2ccccc2Cl)NC(=O)C(C(=O)Nc2ccc(C3CCCCC3)cc2)C1=O. The smallest absolute Gasteiger partial charge is 0.244 e. The summed E-state index contributed by atoms with van der Waals surface area (Å²) < 4.78 is 0. The minimum absolute atomic E-state index is 0.369. The second-order valence-electron chi connectivity index (χ2n) is 8.34. The molecule has 0 aromatic heterocycles. The molecule has 0 spiro atoms. The van der Waals surface area contributed by atoms with Gasteiger partial charge in [0.05, 0.1) is 0 Å². The molecule has 1 aliphatic heterocycles. The van der Waals surface area contributed by atoms with Gasteiger partial charge in [-0.2, -0.15) is 0 Å². The Hall–Kier alpha value is -2.66. The maximum atomic E-state index is 13.1. The number of ketones is 1. The predicted molar refractivity (Wildman–Crippen MR) is 116 cm³/mol. The average molecular weight is 425 g/mol. The molecule has 6 heteroatoms. The van der Waals surface area contributed by atoms with Gasteiger partial charge in [0.1, 0.15) is 5.54 Å². The maximum absolute atomic E-state index is 13.1. The molecule has 1 aliphatic carbocycles. The van der Waals surface area contributed by atoms with Gasteiger partial charge in [0.15, 0.2) is 11.7 Å². The quantitative estimate of drug-likeness (QED) is 0.706. The molecule has 2 aromatic carbocycles. The first-order valence-corrected chi connectivity index (χ1v) is 10.8. The van der Waals surface area contributed by atoms with Crippen molar-refractivity contribution in [2.75, 3.05) is 5.32 Å². The standard InChI is InChI=1S/C24H25ClN2O3/c1-24(18-9-5-6-10-19(18)25)21(28)20(23(30)27-24)22(29)26-17-13-11-16(12-14-17)15-7-3-2-4-8-15/h5-6,9-15,20H,2-4,7-8H2,1H3,(H,26,29)(H,27,30). The molecule has 2 amide bonds.